The highest BCUT2D eigenvalue weighted by atomic mass is 35.5. The number of hydrogen-bond donors (Lipinski definition) is 0. The van der Waals surface area contributed by atoms with E-state index in [0.29, 0.717) is 5.92 Å². The molecule has 0 heterocycles. The van der Waals surface area contributed by atoms with Crippen molar-refractivity contribution >= 4 is 11.6 Å². The van der Waals surface area contributed by atoms with E-state index in [1.807, 2.05) is 30.3 Å². The lowest BCUT2D eigenvalue weighted by Crippen LogP contribution is -2.13. The average Bonchev–Trinajstić information content (AvgIpc) is 2.64. The number of hydrogen-bond acceptors (Lipinski definition) is 0. The van der Waals surface area contributed by atoms with E-state index in [4.69, 9.17) is 11.6 Å². The standard InChI is InChI=1S/C23H24ClF/c1-2-3-17-4-6-18(7-5-17)8-9-19-10-12-20(13-11-19)21-14-15-22(24)23(25)16-21/h10-18H,2-7H2,1H3/t17-,18-. The van der Waals surface area contributed by atoms with Crippen molar-refractivity contribution in [2.45, 2.75) is 45.4 Å². The smallest absolute Gasteiger partial charge is 0.142 e. The van der Waals surface area contributed by atoms with Crippen LogP contribution in [0.25, 0.3) is 11.1 Å². The van der Waals surface area contributed by atoms with Gasteiger partial charge in [-0.3, -0.25) is 0 Å². The maximum atomic E-state index is 13.6. The zero-order valence-corrected chi connectivity index (χ0v) is 15.5. The fourth-order valence-electron chi connectivity index (χ4n) is 3.61. The van der Waals surface area contributed by atoms with Crippen LogP contribution in [-0.2, 0) is 0 Å². The Bertz CT molecular complexity index is 759. The van der Waals surface area contributed by atoms with E-state index < -0.39 is 0 Å². The second-order valence-corrected chi connectivity index (χ2v) is 7.39. The van der Waals surface area contributed by atoms with Crippen molar-refractivity contribution in [2.75, 3.05) is 0 Å². The van der Waals surface area contributed by atoms with Crippen molar-refractivity contribution in [3.63, 3.8) is 0 Å². The van der Waals surface area contributed by atoms with E-state index in [1.54, 1.807) is 6.07 Å². The summed E-state index contributed by atoms with van der Waals surface area (Å²) >= 11 is 5.74. The zero-order chi connectivity index (χ0) is 17.6. The summed E-state index contributed by atoms with van der Waals surface area (Å²) in [5.41, 5.74) is 2.82. The minimum Gasteiger partial charge on any atom is -0.205 e. The van der Waals surface area contributed by atoms with Crippen molar-refractivity contribution < 1.29 is 4.39 Å². The van der Waals surface area contributed by atoms with Crippen LogP contribution in [0, 0.1) is 29.5 Å². The Hall–Kier alpha value is -1.78. The van der Waals surface area contributed by atoms with Crippen LogP contribution < -0.4 is 0 Å². The van der Waals surface area contributed by atoms with Crippen molar-refractivity contribution in [1.82, 2.24) is 0 Å². The Kier molecular flexibility index (Phi) is 6.16. The first-order valence-electron chi connectivity index (χ1n) is 9.22. The average molecular weight is 355 g/mol. The predicted molar refractivity (Wildman–Crippen MR) is 104 cm³/mol. The molecule has 0 bridgehead atoms. The first-order valence-corrected chi connectivity index (χ1v) is 9.60. The second kappa shape index (κ2) is 8.54. The summed E-state index contributed by atoms with van der Waals surface area (Å²) in [5.74, 6) is 7.84. The molecule has 0 N–H and O–H groups in total. The highest BCUT2D eigenvalue weighted by Gasteiger charge is 2.18. The lowest BCUT2D eigenvalue weighted by molar-refractivity contribution is 0.300. The van der Waals surface area contributed by atoms with E-state index in [2.05, 4.69) is 18.8 Å². The van der Waals surface area contributed by atoms with Gasteiger partial charge in [-0.15, -0.1) is 0 Å². The van der Waals surface area contributed by atoms with Gasteiger partial charge in [0.1, 0.15) is 5.82 Å². The number of rotatable bonds is 3. The molecule has 2 heteroatoms. The summed E-state index contributed by atoms with van der Waals surface area (Å²) in [4.78, 5) is 0. The topological polar surface area (TPSA) is 0 Å². The van der Waals surface area contributed by atoms with E-state index in [0.717, 1.165) is 22.6 Å². The molecule has 0 aromatic heterocycles. The van der Waals surface area contributed by atoms with Crippen molar-refractivity contribution in [3.8, 4) is 23.0 Å². The van der Waals surface area contributed by atoms with Crippen LogP contribution in [-0.4, -0.2) is 0 Å². The van der Waals surface area contributed by atoms with Gasteiger partial charge in [0.25, 0.3) is 0 Å². The SMILES string of the molecule is CCC[C@H]1CC[C@H](C#Cc2ccc(-c3ccc(Cl)c(F)c3)cc2)CC1. The fourth-order valence-corrected chi connectivity index (χ4v) is 3.73. The molecule has 0 aliphatic heterocycles. The predicted octanol–water partition coefficient (Wildman–Crippen LogP) is 7.10. The van der Waals surface area contributed by atoms with Gasteiger partial charge in [-0.1, -0.05) is 61.4 Å². The van der Waals surface area contributed by atoms with Gasteiger partial charge in [-0.05, 0) is 67.0 Å². The molecule has 1 fully saturated rings. The molecular formula is C23H24ClF. The molecule has 0 atom stereocenters. The van der Waals surface area contributed by atoms with Crippen molar-refractivity contribution in [3.05, 3.63) is 58.9 Å². The molecular weight excluding hydrogens is 331 g/mol. The van der Waals surface area contributed by atoms with E-state index in [-0.39, 0.29) is 10.8 Å². The van der Waals surface area contributed by atoms with E-state index in [9.17, 15) is 4.39 Å². The third-order valence-corrected chi connectivity index (χ3v) is 5.41. The van der Waals surface area contributed by atoms with Crippen LogP contribution in [0.4, 0.5) is 4.39 Å². The van der Waals surface area contributed by atoms with Gasteiger partial charge >= 0.3 is 0 Å². The van der Waals surface area contributed by atoms with Crippen LogP contribution in [0.15, 0.2) is 42.5 Å². The lowest BCUT2D eigenvalue weighted by Gasteiger charge is -2.25. The van der Waals surface area contributed by atoms with E-state index >= 15 is 0 Å². The molecule has 1 aliphatic rings. The van der Waals surface area contributed by atoms with Gasteiger partial charge in [-0.2, -0.15) is 0 Å². The number of halogens is 2. The fraction of sp³-hybridized carbons (Fsp3) is 0.391. The van der Waals surface area contributed by atoms with Crippen molar-refractivity contribution in [1.29, 1.82) is 0 Å². The minimum atomic E-state index is -0.387. The summed E-state index contributed by atoms with van der Waals surface area (Å²) in [7, 11) is 0. The van der Waals surface area contributed by atoms with E-state index in [1.165, 1.54) is 44.6 Å². The first-order chi connectivity index (χ1) is 12.2. The third-order valence-electron chi connectivity index (χ3n) is 5.10. The Balaban J connectivity index is 1.63. The maximum Gasteiger partial charge on any atom is 0.142 e. The van der Waals surface area contributed by atoms with Gasteiger partial charge < -0.3 is 0 Å². The molecule has 0 nitrogen and oxygen atoms in total. The summed E-state index contributed by atoms with van der Waals surface area (Å²) in [6, 6.07) is 12.9. The molecule has 0 radical (unpaired) electrons. The third kappa shape index (κ3) is 4.86. The van der Waals surface area contributed by atoms with Crippen LogP contribution in [0.3, 0.4) is 0 Å². The Morgan fingerprint density at radius 1 is 1.00 bits per heavy atom. The van der Waals surface area contributed by atoms with Gasteiger partial charge in [0.15, 0.2) is 0 Å². The Labute approximate surface area is 155 Å². The normalized spacial score (nSPS) is 20.0. The quantitative estimate of drug-likeness (QED) is 0.515. The highest BCUT2D eigenvalue weighted by Crippen LogP contribution is 2.31. The largest absolute Gasteiger partial charge is 0.205 e. The monoisotopic (exact) mass is 354 g/mol. The molecule has 2 aromatic carbocycles. The van der Waals surface area contributed by atoms with Crippen LogP contribution in [0.2, 0.25) is 5.02 Å². The minimum absolute atomic E-state index is 0.153. The Morgan fingerprint density at radius 2 is 1.68 bits per heavy atom. The summed E-state index contributed by atoms with van der Waals surface area (Å²) in [6.45, 7) is 2.27. The highest BCUT2D eigenvalue weighted by molar-refractivity contribution is 6.30. The van der Waals surface area contributed by atoms with Crippen LogP contribution >= 0.6 is 11.6 Å². The molecule has 0 unspecified atom stereocenters. The molecule has 3 rings (SSSR count). The summed E-state index contributed by atoms with van der Waals surface area (Å²) in [6.07, 6.45) is 7.79. The second-order valence-electron chi connectivity index (χ2n) is 6.98. The molecule has 25 heavy (non-hydrogen) atoms. The summed E-state index contributed by atoms with van der Waals surface area (Å²) in [5, 5.41) is 0.153. The maximum absolute atomic E-state index is 13.6. The van der Waals surface area contributed by atoms with Crippen molar-refractivity contribution in [2.24, 2.45) is 11.8 Å². The molecule has 0 spiro atoms. The van der Waals surface area contributed by atoms with Crippen LogP contribution in [0.1, 0.15) is 51.0 Å². The number of benzene rings is 2. The molecule has 1 aliphatic carbocycles. The van der Waals surface area contributed by atoms with Gasteiger partial charge in [-0.25, -0.2) is 4.39 Å². The molecule has 1 saturated carbocycles. The molecule has 130 valence electrons. The van der Waals surface area contributed by atoms with Gasteiger partial charge in [0, 0.05) is 11.5 Å². The first kappa shape index (κ1) is 18.0. The Morgan fingerprint density at radius 3 is 2.32 bits per heavy atom. The lowest BCUT2D eigenvalue weighted by atomic mass is 9.80. The van der Waals surface area contributed by atoms with Crippen LogP contribution in [0.5, 0.6) is 0 Å². The van der Waals surface area contributed by atoms with Gasteiger partial charge in [0.2, 0.25) is 0 Å². The van der Waals surface area contributed by atoms with Gasteiger partial charge in [0.05, 0.1) is 5.02 Å². The summed E-state index contributed by atoms with van der Waals surface area (Å²) < 4.78 is 13.6. The molecule has 2 aromatic rings. The molecule has 0 saturated heterocycles. The zero-order valence-electron chi connectivity index (χ0n) is 14.7. The molecule has 0 amide bonds.